The third-order valence-corrected chi connectivity index (χ3v) is 5.63. The van der Waals surface area contributed by atoms with Crippen LogP contribution in [-0.4, -0.2) is 51.6 Å². The first kappa shape index (κ1) is 23.2. The SMILES string of the molecule is Cc1c(-c2ccc(Cl)cc2F)c(C(=O)N2CCOCC2)n(Cc2ncccn2)c1C(F)(F)F. The van der Waals surface area contributed by atoms with Gasteiger partial charge in [0.1, 0.15) is 23.0 Å². The highest BCUT2D eigenvalue weighted by Gasteiger charge is 2.42. The number of nitrogens with zero attached hydrogens (tertiary/aromatic N) is 4. The molecule has 0 spiro atoms. The highest BCUT2D eigenvalue weighted by molar-refractivity contribution is 6.30. The number of ether oxygens (including phenoxy) is 1. The minimum Gasteiger partial charge on any atom is -0.378 e. The molecule has 3 aromatic rings. The van der Waals surface area contributed by atoms with Crippen molar-refractivity contribution in [3.05, 3.63) is 70.3 Å². The van der Waals surface area contributed by atoms with Crippen LogP contribution in [0.2, 0.25) is 5.02 Å². The van der Waals surface area contributed by atoms with Crippen molar-refractivity contribution in [3.63, 3.8) is 0 Å². The summed E-state index contributed by atoms with van der Waals surface area (Å²) < 4.78 is 63.8. The number of hydrogen-bond donors (Lipinski definition) is 0. The maximum atomic E-state index is 14.9. The number of carbonyl (C=O) groups excluding carboxylic acids is 1. The summed E-state index contributed by atoms with van der Waals surface area (Å²) in [5, 5.41) is 0.0862. The molecule has 0 atom stereocenters. The van der Waals surface area contributed by atoms with E-state index in [0.717, 1.165) is 10.6 Å². The predicted molar refractivity (Wildman–Crippen MR) is 112 cm³/mol. The van der Waals surface area contributed by atoms with E-state index < -0.39 is 30.1 Å². The maximum Gasteiger partial charge on any atom is 0.431 e. The smallest absolute Gasteiger partial charge is 0.378 e. The molecule has 1 saturated heterocycles. The van der Waals surface area contributed by atoms with Crippen molar-refractivity contribution >= 4 is 17.5 Å². The van der Waals surface area contributed by atoms with Gasteiger partial charge in [0, 0.05) is 41.6 Å². The van der Waals surface area contributed by atoms with E-state index in [4.69, 9.17) is 16.3 Å². The zero-order chi connectivity index (χ0) is 23.8. The van der Waals surface area contributed by atoms with E-state index in [1.807, 2.05) is 0 Å². The molecule has 2 aromatic heterocycles. The summed E-state index contributed by atoms with van der Waals surface area (Å²) in [6.07, 6.45) is -2.02. The molecule has 11 heteroatoms. The van der Waals surface area contributed by atoms with Gasteiger partial charge in [0.25, 0.3) is 5.91 Å². The molecule has 4 rings (SSSR count). The summed E-state index contributed by atoms with van der Waals surface area (Å²) in [6.45, 7) is 1.72. The summed E-state index contributed by atoms with van der Waals surface area (Å²) in [5.41, 5.74) is -1.89. The first-order chi connectivity index (χ1) is 15.7. The Labute approximate surface area is 191 Å². The van der Waals surface area contributed by atoms with Crippen LogP contribution < -0.4 is 0 Å². The van der Waals surface area contributed by atoms with Crippen LogP contribution in [0.5, 0.6) is 0 Å². The average molecular weight is 483 g/mol. The van der Waals surface area contributed by atoms with Crippen LogP contribution >= 0.6 is 11.6 Å². The first-order valence-corrected chi connectivity index (χ1v) is 10.4. The Balaban J connectivity index is 2.01. The lowest BCUT2D eigenvalue weighted by molar-refractivity contribution is -0.143. The van der Waals surface area contributed by atoms with E-state index >= 15 is 0 Å². The second-order valence-electron chi connectivity index (χ2n) is 7.47. The minimum absolute atomic E-state index is 0.0807. The topological polar surface area (TPSA) is 60.2 Å². The van der Waals surface area contributed by atoms with Crippen LogP contribution in [0.25, 0.3) is 11.1 Å². The lowest BCUT2D eigenvalue weighted by Crippen LogP contribution is -2.42. The molecule has 1 fully saturated rings. The number of carbonyl (C=O) groups is 1. The fourth-order valence-corrected chi connectivity index (χ4v) is 4.14. The predicted octanol–water partition coefficient (Wildman–Crippen LogP) is 4.59. The Morgan fingerprint density at radius 1 is 1.18 bits per heavy atom. The fourth-order valence-electron chi connectivity index (χ4n) is 3.98. The van der Waals surface area contributed by atoms with Crippen molar-refractivity contribution < 1.29 is 27.1 Å². The molecule has 33 heavy (non-hydrogen) atoms. The van der Waals surface area contributed by atoms with Gasteiger partial charge in [0.2, 0.25) is 0 Å². The first-order valence-electron chi connectivity index (χ1n) is 10.1. The molecule has 0 aliphatic carbocycles. The van der Waals surface area contributed by atoms with Gasteiger partial charge in [-0.3, -0.25) is 4.79 Å². The van der Waals surface area contributed by atoms with Crippen LogP contribution in [0.15, 0.2) is 36.7 Å². The minimum atomic E-state index is -4.82. The van der Waals surface area contributed by atoms with Gasteiger partial charge in [-0.15, -0.1) is 0 Å². The number of amides is 1. The second kappa shape index (κ2) is 9.11. The molecule has 0 bridgehead atoms. The van der Waals surface area contributed by atoms with Gasteiger partial charge >= 0.3 is 6.18 Å². The van der Waals surface area contributed by atoms with E-state index in [1.54, 1.807) is 0 Å². The zero-order valence-corrected chi connectivity index (χ0v) is 18.3. The quantitative estimate of drug-likeness (QED) is 0.511. The Kier molecular flexibility index (Phi) is 6.40. The summed E-state index contributed by atoms with van der Waals surface area (Å²) in [5.74, 6) is -1.40. The molecule has 1 aromatic carbocycles. The highest BCUT2D eigenvalue weighted by Crippen LogP contribution is 2.42. The third-order valence-electron chi connectivity index (χ3n) is 5.40. The van der Waals surface area contributed by atoms with Crippen LogP contribution in [0.1, 0.15) is 27.6 Å². The average Bonchev–Trinajstić information content (AvgIpc) is 3.06. The Hall–Kier alpha value is -2.98. The van der Waals surface area contributed by atoms with Gasteiger partial charge in [0.05, 0.1) is 19.8 Å². The molecule has 0 saturated carbocycles. The monoisotopic (exact) mass is 482 g/mol. The second-order valence-corrected chi connectivity index (χ2v) is 7.91. The van der Waals surface area contributed by atoms with E-state index in [-0.39, 0.29) is 59.5 Å². The van der Waals surface area contributed by atoms with E-state index in [0.29, 0.717) is 0 Å². The highest BCUT2D eigenvalue weighted by atomic mass is 35.5. The standard InChI is InChI=1S/C22H19ClF4N4O2/c1-13-18(15-4-3-14(23)11-16(15)24)19(21(32)30-7-9-33-10-8-30)31(20(13)22(25,26)27)12-17-28-5-2-6-29-17/h2-6,11H,7-10,12H2,1H3. The number of morpholine rings is 1. The molecule has 3 heterocycles. The molecule has 1 aliphatic heterocycles. The van der Waals surface area contributed by atoms with Crippen LogP contribution in [0.4, 0.5) is 17.6 Å². The Morgan fingerprint density at radius 2 is 1.85 bits per heavy atom. The van der Waals surface area contributed by atoms with Gasteiger partial charge < -0.3 is 14.2 Å². The van der Waals surface area contributed by atoms with Crippen molar-refractivity contribution in [1.29, 1.82) is 0 Å². The van der Waals surface area contributed by atoms with Crippen molar-refractivity contribution in [2.75, 3.05) is 26.3 Å². The van der Waals surface area contributed by atoms with Crippen molar-refractivity contribution in [1.82, 2.24) is 19.4 Å². The van der Waals surface area contributed by atoms with Gasteiger partial charge in [-0.05, 0) is 36.8 Å². The zero-order valence-electron chi connectivity index (χ0n) is 17.5. The third kappa shape index (κ3) is 4.58. The molecular weight excluding hydrogens is 464 g/mol. The Morgan fingerprint density at radius 3 is 2.45 bits per heavy atom. The van der Waals surface area contributed by atoms with Crippen LogP contribution in [-0.2, 0) is 17.5 Å². The van der Waals surface area contributed by atoms with Gasteiger partial charge in [-0.1, -0.05) is 11.6 Å². The lowest BCUT2D eigenvalue weighted by atomic mass is 9.99. The molecule has 174 valence electrons. The molecule has 6 nitrogen and oxygen atoms in total. The number of hydrogen-bond acceptors (Lipinski definition) is 4. The number of halogens is 5. The molecule has 0 N–H and O–H groups in total. The summed E-state index contributed by atoms with van der Waals surface area (Å²) in [6, 6.07) is 5.18. The van der Waals surface area contributed by atoms with Crippen LogP contribution in [0, 0.1) is 12.7 Å². The maximum absolute atomic E-state index is 14.9. The van der Waals surface area contributed by atoms with E-state index in [1.165, 1.54) is 42.4 Å². The fraction of sp³-hybridized carbons (Fsp3) is 0.318. The summed E-state index contributed by atoms with van der Waals surface area (Å²) in [7, 11) is 0. The molecular formula is C22H19ClF4N4O2. The molecule has 1 amide bonds. The number of rotatable bonds is 4. The number of aromatic nitrogens is 3. The lowest BCUT2D eigenvalue weighted by Gasteiger charge is -2.28. The van der Waals surface area contributed by atoms with Crippen molar-refractivity contribution in [2.45, 2.75) is 19.6 Å². The normalized spacial score (nSPS) is 14.5. The molecule has 0 radical (unpaired) electrons. The van der Waals surface area contributed by atoms with Crippen molar-refractivity contribution in [2.24, 2.45) is 0 Å². The van der Waals surface area contributed by atoms with E-state index in [9.17, 15) is 22.4 Å². The van der Waals surface area contributed by atoms with E-state index in [2.05, 4.69) is 9.97 Å². The van der Waals surface area contributed by atoms with Gasteiger partial charge in [0.15, 0.2) is 0 Å². The Bertz CT molecular complexity index is 1180. The van der Waals surface area contributed by atoms with Crippen LogP contribution in [0.3, 0.4) is 0 Å². The largest absolute Gasteiger partial charge is 0.431 e. The summed E-state index contributed by atoms with van der Waals surface area (Å²) >= 11 is 5.85. The molecule has 0 unspecified atom stereocenters. The number of benzene rings is 1. The summed E-state index contributed by atoms with van der Waals surface area (Å²) in [4.78, 5) is 23.0. The van der Waals surface area contributed by atoms with Gasteiger partial charge in [-0.2, -0.15) is 13.2 Å². The number of alkyl halides is 3. The molecule has 1 aliphatic rings. The van der Waals surface area contributed by atoms with Crippen molar-refractivity contribution in [3.8, 4) is 11.1 Å². The van der Waals surface area contributed by atoms with Gasteiger partial charge in [-0.25, -0.2) is 14.4 Å².